The van der Waals surface area contributed by atoms with Gasteiger partial charge in [0.1, 0.15) is 23.6 Å². The van der Waals surface area contributed by atoms with Crippen LogP contribution in [0.5, 0.6) is 0 Å². The van der Waals surface area contributed by atoms with Crippen molar-refractivity contribution in [2.75, 3.05) is 40.9 Å². The summed E-state index contributed by atoms with van der Waals surface area (Å²) in [7, 11) is 5.28. The number of aliphatic hydroxyl groups excluding tert-OH is 1. The number of ether oxygens (including phenoxy) is 9. The maximum Gasteiger partial charge on any atom is 0.410 e. The van der Waals surface area contributed by atoms with Crippen LogP contribution in [0.15, 0.2) is 30.3 Å². The van der Waals surface area contributed by atoms with Gasteiger partial charge in [0.2, 0.25) is 0 Å². The first-order valence-electron chi connectivity index (χ1n) is 25.0. The number of methoxy groups -OCH3 is 1. The number of carbonyl (C=O) groups is 5. The monoisotopic (exact) mass is 986 g/mol. The first kappa shape index (κ1) is 55.3. The molecule has 2 N–H and O–H groups in total. The molecule has 18 nitrogen and oxygen atoms in total. The fraction of sp³-hybridized carbons (Fsp3) is 0.750. The van der Waals surface area contributed by atoms with Gasteiger partial charge in [0.05, 0.1) is 48.6 Å². The first-order valence-corrected chi connectivity index (χ1v) is 25.0. The summed E-state index contributed by atoms with van der Waals surface area (Å²) in [6, 6.07) is 5.80. The molecule has 6 rings (SSSR count). The number of cyclic esters (lactones) is 1. The predicted octanol–water partition coefficient (Wildman–Crippen LogP) is 5.31. The van der Waals surface area contributed by atoms with Crippen LogP contribution in [0.3, 0.4) is 0 Å². The van der Waals surface area contributed by atoms with Crippen LogP contribution in [0.2, 0.25) is 0 Å². The van der Waals surface area contributed by atoms with E-state index in [1.807, 2.05) is 71.8 Å². The van der Waals surface area contributed by atoms with E-state index in [1.54, 1.807) is 52.8 Å². The number of nitrogens with zero attached hydrogens (tertiary/aromatic N) is 2. The molecule has 4 saturated heterocycles. The molecule has 18 atom stereocenters. The average molecular weight is 986 g/mol. The molecule has 4 bridgehead atoms. The highest BCUT2D eigenvalue weighted by Gasteiger charge is 2.61. The number of fused-ring (bicyclic) bond motifs is 6. The van der Waals surface area contributed by atoms with Crippen molar-refractivity contribution < 1.29 is 71.7 Å². The molecular weight excluding hydrogens is 907 g/mol. The molecule has 4 fully saturated rings. The maximum absolute atomic E-state index is 15.2. The Morgan fingerprint density at radius 3 is 2.34 bits per heavy atom. The molecule has 2 amide bonds. The zero-order valence-corrected chi connectivity index (χ0v) is 43.6. The molecule has 5 aliphatic heterocycles. The van der Waals surface area contributed by atoms with Crippen LogP contribution in [0.25, 0.3) is 6.08 Å². The van der Waals surface area contributed by atoms with Crippen molar-refractivity contribution in [2.24, 2.45) is 23.7 Å². The molecule has 1 aromatic carbocycles. The summed E-state index contributed by atoms with van der Waals surface area (Å²) in [6.45, 7) is 19.3. The van der Waals surface area contributed by atoms with Gasteiger partial charge in [-0.15, -0.1) is 0 Å². The quantitative estimate of drug-likeness (QED) is 0.250. The molecule has 0 aliphatic carbocycles. The molecule has 0 spiro atoms. The van der Waals surface area contributed by atoms with Gasteiger partial charge >= 0.3 is 18.0 Å². The Labute approximate surface area is 413 Å². The average Bonchev–Trinajstić information content (AvgIpc) is 3.56. The lowest BCUT2D eigenvalue weighted by atomic mass is 9.73. The molecule has 0 unspecified atom stereocenters. The number of hydrogen-bond donors (Lipinski definition) is 2. The van der Waals surface area contributed by atoms with E-state index >= 15 is 9.59 Å². The highest BCUT2D eigenvalue weighted by Crippen LogP contribution is 2.45. The van der Waals surface area contributed by atoms with Crippen molar-refractivity contribution >= 4 is 35.8 Å². The van der Waals surface area contributed by atoms with E-state index in [9.17, 15) is 19.5 Å². The van der Waals surface area contributed by atoms with Crippen molar-refractivity contribution in [2.45, 2.75) is 186 Å². The summed E-state index contributed by atoms with van der Waals surface area (Å²) in [4.78, 5) is 73.6. The summed E-state index contributed by atoms with van der Waals surface area (Å²) in [5.41, 5.74) is -2.88. The van der Waals surface area contributed by atoms with Crippen molar-refractivity contribution in [1.29, 1.82) is 0 Å². The van der Waals surface area contributed by atoms with Crippen LogP contribution in [0.4, 0.5) is 4.79 Å². The Kier molecular flexibility index (Phi) is 17.7. The Balaban J connectivity index is 1.56. The second kappa shape index (κ2) is 22.4. The number of aliphatic hydroxyl groups is 1. The van der Waals surface area contributed by atoms with Gasteiger partial charge in [-0.1, -0.05) is 52.0 Å². The van der Waals surface area contributed by atoms with Gasteiger partial charge < -0.3 is 58.0 Å². The van der Waals surface area contributed by atoms with Crippen LogP contribution >= 0.6 is 0 Å². The second-order valence-corrected chi connectivity index (χ2v) is 21.1. The molecule has 0 radical (unpaired) electrons. The smallest absolute Gasteiger partial charge is 0.410 e. The third-order valence-electron chi connectivity index (χ3n) is 15.5. The molecule has 392 valence electrons. The van der Waals surface area contributed by atoms with Crippen molar-refractivity contribution in [3.05, 3.63) is 41.5 Å². The van der Waals surface area contributed by atoms with Gasteiger partial charge in [-0.05, 0) is 92.6 Å². The maximum atomic E-state index is 15.2. The van der Waals surface area contributed by atoms with Crippen molar-refractivity contribution in [1.82, 2.24) is 15.1 Å². The molecular formula is C52H79N3O15. The number of rotatable bonds is 8. The minimum absolute atomic E-state index is 0.00399. The molecule has 0 aromatic heterocycles. The summed E-state index contributed by atoms with van der Waals surface area (Å²) in [5.74, 6) is -5.26. The van der Waals surface area contributed by atoms with Gasteiger partial charge in [0, 0.05) is 62.9 Å². The van der Waals surface area contributed by atoms with E-state index in [0.29, 0.717) is 12.0 Å². The SMILES string of the molecule is CC[C@H]1OC(=O)[C@H](C)[C@@H](O[C@H]2C[C@@](C)(OC)[C@@H](OC(C)=O)[C@H](C)O2)[C@H](C)[C@@H](O[C@@H]2O[C@H](C)C[C@H](N(C)C)[C@H]2O)[C@@]2(C)C[C@@H](C)C(=O)[C@H](C)[C@H]3N(CCNC(=O)c4cccc(c4)/C=C\CO2)C(=O)O[C@]13C. The number of Topliss-reactive ketones (excluding diaryl/α,β-unsaturated/α-hetero) is 1. The first-order chi connectivity index (χ1) is 32.9. The second-order valence-electron chi connectivity index (χ2n) is 21.1. The Hall–Kier alpha value is -4.01. The minimum atomic E-state index is -1.53. The Bertz CT molecular complexity index is 2070. The molecule has 1 aromatic rings. The van der Waals surface area contributed by atoms with Crippen molar-refractivity contribution in [3.63, 3.8) is 0 Å². The highest BCUT2D eigenvalue weighted by molar-refractivity contribution is 5.94. The molecule has 5 heterocycles. The summed E-state index contributed by atoms with van der Waals surface area (Å²) in [6.07, 6.45) is -4.58. The molecule has 5 aliphatic rings. The number of esters is 2. The zero-order valence-electron chi connectivity index (χ0n) is 43.6. The number of likely N-dealkylation sites (N-methyl/N-ethyl adjacent to an activating group) is 1. The number of nitrogens with one attached hydrogen (secondary N) is 1. The van der Waals surface area contributed by atoms with E-state index in [2.05, 4.69) is 5.32 Å². The lowest BCUT2D eigenvalue weighted by Gasteiger charge is -2.50. The lowest BCUT2D eigenvalue weighted by molar-refractivity contribution is -0.320. The van der Waals surface area contributed by atoms with Crippen LogP contribution in [-0.2, 0) is 57.0 Å². The Morgan fingerprint density at radius 1 is 0.971 bits per heavy atom. The van der Waals surface area contributed by atoms with Gasteiger partial charge in [-0.3, -0.25) is 24.1 Å². The molecule has 18 heteroatoms. The summed E-state index contributed by atoms with van der Waals surface area (Å²) >= 11 is 0. The Morgan fingerprint density at radius 2 is 1.69 bits per heavy atom. The van der Waals surface area contributed by atoms with E-state index in [4.69, 9.17) is 42.6 Å². The standard InChI is InChI=1S/C52H79N3O15/c1-15-38-52(11)43-30(4)40(57)28(2)26-51(10,63-23-17-19-35-18-16-20-36(25-35)46(59)53-21-22-55(43)49(61)70-52)44(69-48-41(58)37(54(12)13)24-29(3)64-48)31(5)42(32(6)47(60)67-38)68-39-27-50(9,62-14)45(33(7)65-39)66-34(8)56/h16-20,25,28-33,37-39,41-45,48,58H,15,21-24,26-27H2,1-14H3,(H,53,59)/b19-17-/t28-,29-,30+,31+,32-,33+,37+,38-,39+,41-,42+,43-,44-,45+,48+,50-,51-,52-/m1/s1. The van der Waals surface area contributed by atoms with E-state index in [0.717, 1.165) is 5.56 Å². The van der Waals surface area contributed by atoms with Gasteiger partial charge in [-0.25, -0.2) is 4.79 Å². The fourth-order valence-electron chi connectivity index (χ4n) is 11.8. The summed E-state index contributed by atoms with van der Waals surface area (Å²) < 4.78 is 58.6. The lowest BCUT2D eigenvalue weighted by Crippen LogP contribution is -2.62. The van der Waals surface area contributed by atoms with Crippen LogP contribution in [0, 0.1) is 23.7 Å². The predicted molar refractivity (Wildman–Crippen MR) is 256 cm³/mol. The zero-order chi connectivity index (χ0) is 51.6. The number of carbonyl (C=O) groups excluding carboxylic acids is 5. The third kappa shape index (κ3) is 11.6. The highest BCUT2D eigenvalue weighted by atomic mass is 16.7. The molecule has 0 saturated carbocycles. The van der Waals surface area contributed by atoms with Gasteiger partial charge in [0.15, 0.2) is 24.3 Å². The van der Waals surface area contributed by atoms with E-state index in [1.165, 1.54) is 18.9 Å². The third-order valence-corrected chi connectivity index (χ3v) is 15.5. The van der Waals surface area contributed by atoms with E-state index < -0.39 is 114 Å². The number of benzene rings is 1. The van der Waals surface area contributed by atoms with Gasteiger partial charge in [0.25, 0.3) is 5.91 Å². The van der Waals surface area contributed by atoms with Crippen LogP contribution in [-0.4, -0.2) is 170 Å². The number of hydrogen-bond acceptors (Lipinski definition) is 16. The topological polar surface area (TPSA) is 207 Å². The van der Waals surface area contributed by atoms with Crippen LogP contribution in [0.1, 0.15) is 118 Å². The normalized spacial score (nSPS) is 41.8. The fourth-order valence-corrected chi connectivity index (χ4v) is 11.8. The number of ketones is 1. The van der Waals surface area contributed by atoms with Gasteiger partial charge in [-0.2, -0.15) is 0 Å². The molecule has 70 heavy (non-hydrogen) atoms. The van der Waals surface area contributed by atoms with Crippen molar-refractivity contribution in [3.8, 4) is 0 Å². The summed E-state index contributed by atoms with van der Waals surface area (Å²) in [5, 5.41) is 14.9. The van der Waals surface area contributed by atoms with Crippen LogP contribution < -0.4 is 5.32 Å². The number of amides is 2. The van der Waals surface area contributed by atoms with E-state index in [-0.39, 0.29) is 62.8 Å². The minimum Gasteiger partial charge on any atom is -0.458 e. The largest absolute Gasteiger partial charge is 0.458 e.